The molecule has 4 nitrogen and oxygen atoms in total. The van der Waals surface area contributed by atoms with E-state index in [1.165, 1.54) is 0 Å². The Balaban J connectivity index is 2.50. The van der Waals surface area contributed by atoms with Gasteiger partial charge in [0.2, 0.25) is 0 Å². The first-order chi connectivity index (χ1) is 7.52. The lowest BCUT2D eigenvalue weighted by Crippen LogP contribution is -2.05. The highest BCUT2D eigenvalue weighted by Gasteiger charge is 2.12. The van der Waals surface area contributed by atoms with Crippen LogP contribution in [0.15, 0.2) is 24.4 Å². The van der Waals surface area contributed by atoms with Gasteiger partial charge in [0.15, 0.2) is 9.84 Å². The van der Waals surface area contributed by atoms with E-state index < -0.39 is 9.84 Å². The second-order valence-corrected chi connectivity index (χ2v) is 6.07. The van der Waals surface area contributed by atoms with E-state index in [0.717, 1.165) is 10.9 Å². The summed E-state index contributed by atoms with van der Waals surface area (Å²) in [4.78, 5) is 2.99. The Morgan fingerprint density at radius 3 is 2.81 bits per heavy atom. The van der Waals surface area contributed by atoms with Crippen molar-refractivity contribution in [3.05, 3.63) is 30.0 Å². The molecule has 0 aliphatic heterocycles. The number of aromatic hydroxyl groups is 1. The first kappa shape index (κ1) is 11.0. The molecule has 0 aliphatic rings. The Bertz CT molecular complexity index is 613. The summed E-state index contributed by atoms with van der Waals surface area (Å²) in [6, 6.07) is 4.87. The van der Waals surface area contributed by atoms with Gasteiger partial charge in [-0.1, -0.05) is 6.92 Å². The lowest BCUT2D eigenvalue weighted by Gasteiger charge is -2.00. The maximum absolute atomic E-state index is 11.5. The molecule has 0 unspecified atom stereocenters. The Hall–Kier alpha value is -1.49. The maximum atomic E-state index is 11.5. The van der Waals surface area contributed by atoms with Crippen LogP contribution in [0.1, 0.15) is 12.5 Å². The molecule has 86 valence electrons. The molecule has 0 saturated heterocycles. The highest BCUT2D eigenvalue weighted by Crippen LogP contribution is 2.24. The number of rotatable bonds is 3. The molecule has 0 fully saturated rings. The number of hydrogen-bond donors (Lipinski definition) is 2. The van der Waals surface area contributed by atoms with Gasteiger partial charge in [-0.15, -0.1) is 0 Å². The largest absolute Gasteiger partial charge is 0.508 e. The van der Waals surface area contributed by atoms with E-state index in [4.69, 9.17) is 0 Å². The summed E-state index contributed by atoms with van der Waals surface area (Å²) in [5.41, 5.74) is 1.53. The highest BCUT2D eigenvalue weighted by atomic mass is 32.2. The Morgan fingerprint density at radius 1 is 1.38 bits per heavy atom. The van der Waals surface area contributed by atoms with Crippen molar-refractivity contribution >= 4 is 20.7 Å². The molecule has 16 heavy (non-hydrogen) atoms. The van der Waals surface area contributed by atoms with Gasteiger partial charge in [0.05, 0.1) is 5.75 Å². The topological polar surface area (TPSA) is 70.2 Å². The van der Waals surface area contributed by atoms with Gasteiger partial charge in [0.1, 0.15) is 5.75 Å². The number of sulfone groups is 1. The lowest BCUT2D eigenvalue weighted by atomic mass is 10.2. The van der Waals surface area contributed by atoms with Crippen LogP contribution < -0.4 is 0 Å². The number of phenols is 1. The van der Waals surface area contributed by atoms with E-state index in [1.807, 2.05) is 0 Å². The van der Waals surface area contributed by atoms with Crippen LogP contribution in [0.5, 0.6) is 5.75 Å². The molecule has 0 radical (unpaired) electrons. The Labute approximate surface area is 93.8 Å². The van der Waals surface area contributed by atoms with Gasteiger partial charge in [0.25, 0.3) is 0 Å². The van der Waals surface area contributed by atoms with Crippen LogP contribution in [-0.2, 0) is 15.6 Å². The molecule has 5 heteroatoms. The van der Waals surface area contributed by atoms with Crippen molar-refractivity contribution in [1.82, 2.24) is 4.98 Å². The molecule has 0 saturated carbocycles. The number of aromatic amines is 1. The van der Waals surface area contributed by atoms with Crippen molar-refractivity contribution in [2.24, 2.45) is 0 Å². The number of fused-ring (bicyclic) bond motifs is 1. The minimum atomic E-state index is -3.05. The molecular weight excluding hydrogens is 226 g/mol. The van der Waals surface area contributed by atoms with E-state index >= 15 is 0 Å². The molecule has 0 amide bonds. The molecule has 2 aromatic rings. The van der Waals surface area contributed by atoms with Crippen LogP contribution >= 0.6 is 0 Å². The molecular formula is C11H13NO3S. The number of hydrogen-bond acceptors (Lipinski definition) is 3. The van der Waals surface area contributed by atoms with E-state index in [2.05, 4.69) is 4.98 Å². The van der Waals surface area contributed by atoms with Crippen LogP contribution in [0, 0.1) is 0 Å². The van der Waals surface area contributed by atoms with Crippen LogP contribution in [0.2, 0.25) is 0 Å². The van der Waals surface area contributed by atoms with Crippen molar-refractivity contribution in [1.29, 1.82) is 0 Å². The standard InChI is InChI=1S/C11H13NO3S/c1-2-16(14,15)7-8-6-12-11-4-3-9(13)5-10(8)11/h3-6,12-13H,2,7H2,1H3. The molecule has 0 bridgehead atoms. The molecule has 1 aromatic carbocycles. The third kappa shape index (κ3) is 2.04. The minimum Gasteiger partial charge on any atom is -0.508 e. The molecule has 2 N–H and O–H groups in total. The lowest BCUT2D eigenvalue weighted by molar-refractivity contribution is 0.476. The average Bonchev–Trinajstić information content (AvgIpc) is 2.61. The number of benzene rings is 1. The molecule has 1 heterocycles. The normalized spacial score (nSPS) is 12.1. The third-order valence-corrected chi connectivity index (χ3v) is 4.20. The van der Waals surface area contributed by atoms with Gasteiger partial charge in [0, 0.05) is 22.9 Å². The fourth-order valence-corrected chi connectivity index (χ4v) is 2.54. The SMILES string of the molecule is CCS(=O)(=O)Cc1c[nH]c2ccc(O)cc12. The fraction of sp³-hybridized carbons (Fsp3) is 0.273. The zero-order valence-corrected chi connectivity index (χ0v) is 9.71. The van der Waals surface area contributed by atoms with Gasteiger partial charge in [-0.25, -0.2) is 8.42 Å². The fourth-order valence-electron chi connectivity index (χ4n) is 1.62. The number of nitrogens with one attached hydrogen (secondary N) is 1. The third-order valence-electron chi connectivity index (χ3n) is 2.57. The zero-order chi connectivity index (χ0) is 11.8. The molecule has 2 rings (SSSR count). The Kier molecular flexibility index (Phi) is 2.63. The summed E-state index contributed by atoms with van der Waals surface area (Å²) < 4.78 is 23.0. The molecule has 0 spiro atoms. The monoisotopic (exact) mass is 239 g/mol. The predicted molar refractivity (Wildman–Crippen MR) is 63.1 cm³/mol. The highest BCUT2D eigenvalue weighted by molar-refractivity contribution is 7.90. The van der Waals surface area contributed by atoms with Gasteiger partial charge >= 0.3 is 0 Å². The summed E-state index contributed by atoms with van der Waals surface area (Å²) >= 11 is 0. The number of H-pyrrole nitrogens is 1. The van der Waals surface area contributed by atoms with E-state index in [9.17, 15) is 13.5 Å². The summed E-state index contributed by atoms with van der Waals surface area (Å²) in [6.07, 6.45) is 1.68. The van der Waals surface area contributed by atoms with Crippen molar-refractivity contribution in [2.75, 3.05) is 5.75 Å². The van der Waals surface area contributed by atoms with Gasteiger partial charge in [-0.05, 0) is 23.8 Å². The zero-order valence-electron chi connectivity index (χ0n) is 8.90. The summed E-state index contributed by atoms with van der Waals surface area (Å²) in [6.45, 7) is 1.63. The van der Waals surface area contributed by atoms with E-state index in [0.29, 0.717) is 5.56 Å². The number of phenolic OH excluding ortho intramolecular Hbond substituents is 1. The van der Waals surface area contributed by atoms with Crippen molar-refractivity contribution in [3.63, 3.8) is 0 Å². The van der Waals surface area contributed by atoms with Gasteiger partial charge in [-0.2, -0.15) is 0 Å². The maximum Gasteiger partial charge on any atom is 0.154 e. The molecule has 1 aromatic heterocycles. The quantitative estimate of drug-likeness (QED) is 0.858. The second-order valence-electron chi connectivity index (χ2n) is 3.72. The Morgan fingerprint density at radius 2 is 2.12 bits per heavy atom. The van der Waals surface area contributed by atoms with E-state index in [-0.39, 0.29) is 17.3 Å². The van der Waals surface area contributed by atoms with E-state index in [1.54, 1.807) is 31.3 Å². The average molecular weight is 239 g/mol. The summed E-state index contributed by atoms with van der Waals surface area (Å²) in [5.74, 6) is 0.271. The molecule has 0 atom stereocenters. The molecule has 0 aliphatic carbocycles. The number of aromatic nitrogens is 1. The van der Waals surface area contributed by atoms with Gasteiger partial charge in [-0.3, -0.25) is 0 Å². The van der Waals surface area contributed by atoms with Crippen LogP contribution in [0.4, 0.5) is 0 Å². The summed E-state index contributed by atoms with van der Waals surface area (Å²) in [7, 11) is -3.05. The predicted octanol–water partition coefficient (Wildman–Crippen LogP) is 1.81. The van der Waals surface area contributed by atoms with Crippen molar-refractivity contribution in [2.45, 2.75) is 12.7 Å². The summed E-state index contributed by atoms with van der Waals surface area (Å²) in [5, 5.41) is 10.1. The van der Waals surface area contributed by atoms with Crippen LogP contribution in [0.3, 0.4) is 0 Å². The van der Waals surface area contributed by atoms with Crippen molar-refractivity contribution in [3.8, 4) is 5.75 Å². The van der Waals surface area contributed by atoms with Gasteiger partial charge < -0.3 is 10.1 Å². The van der Waals surface area contributed by atoms with Crippen LogP contribution in [-0.4, -0.2) is 24.3 Å². The first-order valence-electron chi connectivity index (χ1n) is 5.01. The first-order valence-corrected chi connectivity index (χ1v) is 6.83. The van der Waals surface area contributed by atoms with Crippen LogP contribution in [0.25, 0.3) is 10.9 Å². The van der Waals surface area contributed by atoms with Crippen molar-refractivity contribution < 1.29 is 13.5 Å². The minimum absolute atomic E-state index is 0.00690. The smallest absolute Gasteiger partial charge is 0.154 e. The second kappa shape index (κ2) is 3.83.